The molecule has 1 amide bonds. The largest absolute Gasteiger partial charge is 0.468 e. The van der Waals surface area contributed by atoms with E-state index in [-0.39, 0.29) is 6.01 Å². The van der Waals surface area contributed by atoms with Gasteiger partial charge in [0.05, 0.1) is 18.3 Å². The summed E-state index contributed by atoms with van der Waals surface area (Å²) in [6.45, 7) is 8.37. The van der Waals surface area contributed by atoms with Crippen LogP contribution in [-0.2, 0) is 6.42 Å². The van der Waals surface area contributed by atoms with Crippen LogP contribution in [0.1, 0.15) is 25.8 Å². The number of amides is 1. The lowest BCUT2D eigenvalue weighted by molar-refractivity contribution is 0.247. The lowest BCUT2D eigenvalue weighted by Gasteiger charge is -2.35. The molecule has 2 heterocycles. The minimum absolute atomic E-state index is 0.240. The predicted octanol–water partition coefficient (Wildman–Crippen LogP) is 2.31. The van der Waals surface area contributed by atoms with Crippen LogP contribution in [0.15, 0.2) is 12.1 Å². The standard InChI is InChI=1S/C19H29N5O2/c1-13(2)5-6-14-7-8-15-16(21-19(26-4)24(15)18(20)25)17(14)23-11-9-22(3)10-12-23/h7-8,13H,5-6,9-12H2,1-4H3,(H2,20,25). The van der Waals surface area contributed by atoms with Crippen LogP contribution in [-0.4, -0.2) is 60.8 Å². The zero-order chi connectivity index (χ0) is 18.8. The van der Waals surface area contributed by atoms with E-state index in [1.54, 1.807) is 0 Å². The second kappa shape index (κ2) is 7.53. The molecular formula is C19H29N5O2. The summed E-state index contributed by atoms with van der Waals surface area (Å²) in [5.74, 6) is 0.628. The van der Waals surface area contributed by atoms with Crippen LogP contribution in [0.4, 0.5) is 10.5 Å². The number of hydrogen-bond acceptors (Lipinski definition) is 5. The van der Waals surface area contributed by atoms with Crippen LogP contribution < -0.4 is 15.4 Å². The Bertz CT molecular complexity index is 791. The first kappa shape index (κ1) is 18.5. The Morgan fingerprint density at radius 3 is 2.54 bits per heavy atom. The van der Waals surface area contributed by atoms with Crippen molar-refractivity contribution >= 4 is 22.8 Å². The number of anilines is 1. The van der Waals surface area contributed by atoms with Gasteiger partial charge in [-0.3, -0.25) is 0 Å². The average Bonchev–Trinajstić information content (AvgIpc) is 2.99. The van der Waals surface area contributed by atoms with Crippen LogP contribution in [0, 0.1) is 5.92 Å². The number of piperazine rings is 1. The Labute approximate surface area is 154 Å². The number of benzene rings is 1. The number of likely N-dealkylation sites (N-methyl/N-ethyl adjacent to an activating group) is 1. The highest BCUT2D eigenvalue weighted by Crippen LogP contribution is 2.34. The maximum absolute atomic E-state index is 11.9. The zero-order valence-electron chi connectivity index (χ0n) is 16.2. The molecule has 0 unspecified atom stereocenters. The first-order valence-corrected chi connectivity index (χ1v) is 9.24. The third kappa shape index (κ3) is 3.49. The van der Waals surface area contributed by atoms with E-state index in [2.05, 4.69) is 41.7 Å². The van der Waals surface area contributed by atoms with Crippen LogP contribution in [0.5, 0.6) is 6.01 Å². The first-order valence-electron chi connectivity index (χ1n) is 9.24. The van der Waals surface area contributed by atoms with Gasteiger partial charge in [-0.15, -0.1) is 0 Å². The van der Waals surface area contributed by atoms with E-state index in [0.29, 0.717) is 11.4 Å². The maximum Gasteiger partial charge on any atom is 0.327 e. The quantitative estimate of drug-likeness (QED) is 0.886. The van der Waals surface area contributed by atoms with Gasteiger partial charge in [0, 0.05) is 26.2 Å². The summed E-state index contributed by atoms with van der Waals surface area (Å²) in [4.78, 5) is 21.3. The van der Waals surface area contributed by atoms with Gasteiger partial charge in [-0.2, -0.15) is 4.98 Å². The minimum Gasteiger partial charge on any atom is -0.468 e. The molecule has 1 fully saturated rings. The van der Waals surface area contributed by atoms with Crippen LogP contribution in [0.3, 0.4) is 0 Å². The number of methoxy groups -OCH3 is 1. The van der Waals surface area contributed by atoms with Gasteiger partial charge in [0.2, 0.25) is 0 Å². The normalized spacial score (nSPS) is 15.8. The number of ether oxygens (including phenoxy) is 1. The highest BCUT2D eigenvalue weighted by molar-refractivity contribution is 5.97. The minimum atomic E-state index is -0.580. The van der Waals surface area contributed by atoms with Gasteiger partial charge < -0.3 is 20.3 Å². The maximum atomic E-state index is 11.9. The number of carbonyl (C=O) groups excluding carboxylic acids is 1. The average molecular weight is 359 g/mol. The van der Waals surface area contributed by atoms with E-state index in [1.807, 2.05) is 6.07 Å². The SMILES string of the molecule is COc1nc2c(N3CCN(C)CC3)c(CCC(C)C)ccc2n1C(N)=O. The molecule has 1 aliphatic heterocycles. The first-order chi connectivity index (χ1) is 12.4. The number of carbonyl (C=O) groups is 1. The third-order valence-corrected chi connectivity index (χ3v) is 5.07. The van der Waals surface area contributed by atoms with Crippen molar-refractivity contribution in [2.75, 3.05) is 45.2 Å². The van der Waals surface area contributed by atoms with E-state index < -0.39 is 6.03 Å². The number of imidazole rings is 1. The molecule has 7 nitrogen and oxygen atoms in total. The molecule has 1 aromatic carbocycles. The molecule has 2 aromatic rings. The number of rotatable bonds is 5. The highest BCUT2D eigenvalue weighted by atomic mass is 16.5. The Kier molecular flexibility index (Phi) is 5.36. The van der Waals surface area contributed by atoms with Gasteiger partial charge >= 0.3 is 12.0 Å². The summed E-state index contributed by atoms with van der Waals surface area (Å²) in [7, 11) is 3.65. The predicted molar refractivity (Wildman–Crippen MR) is 104 cm³/mol. The molecule has 1 saturated heterocycles. The van der Waals surface area contributed by atoms with Crippen molar-refractivity contribution in [3.05, 3.63) is 17.7 Å². The zero-order valence-corrected chi connectivity index (χ0v) is 16.2. The van der Waals surface area contributed by atoms with Gasteiger partial charge in [0.1, 0.15) is 5.52 Å². The molecule has 3 rings (SSSR count). The number of aryl methyl sites for hydroxylation is 1. The molecule has 0 atom stereocenters. The summed E-state index contributed by atoms with van der Waals surface area (Å²) < 4.78 is 6.66. The van der Waals surface area contributed by atoms with E-state index in [4.69, 9.17) is 10.5 Å². The Morgan fingerprint density at radius 2 is 1.96 bits per heavy atom. The molecule has 1 aliphatic rings. The summed E-state index contributed by atoms with van der Waals surface area (Å²) in [5, 5.41) is 0. The van der Waals surface area contributed by atoms with E-state index in [9.17, 15) is 4.79 Å². The summed E-state index contributed by atoms with van der Waals surface area (Å²) in [5.41, 5.74) is 9.46. The summed E-state index contributed by atoms with van der Waals surface area (Å²) in [6, 6.07) is 3.71. The highest BCUT2D eigenvalue weighted by Gasteiger charge is 2.24. The van der Waals surface area contributed by atoms with Gasteiger partial charge in [0.25, 0.3) is 0 Å². The second-order valence-corrected chi connectivity index (χ2v) is 7.44. The number of aromatic nitrogens is 2. The fourth-order valence-corrected chi connectivity index (χ4v) is 3.53. The number of nitrogens with two attached hydrogens (primary N) is 1. The van der Waals surface area contributed by atoms with Crippen LogP contribution in [0.2, 0.25) is 0 Å². The van der Waals surface area contributed by atoms with Gasteiger partial charge in [-0.1, -0.05) is 19.9 Å². The van der Waals surface area contributed by atoms with Crippen molar-refractivity contribution in [1.29, 1.82) is 0 Å². The van der Waals surface area contributed by atoms with Crippen molar-refractivity contribution in [2.24, 2.45) is 11.7 Å². The summed E-state index contributed by atoms with van der Waals surface area (Å²) >= 11 is 0. The molecular weight excluding hydrogens is 330 g/mol. The van der Waals surface area contributed by atoms with Gasteiger partial charge in [-0.25, -0.2) is 9.36 Å². The molecule has 142 valence electrons. The van der Waals surface area contributed by atoms with E-state index in [1.165, 1.54) is 17.2 Å². The van der Waals surface area contributed by atoms with E-state index in [0.717, 1.165) is 50.2 Å². The smallest absolute Gasteiger partial charge is 0.327 e. The number of hydrogen-bond donors (Lipinski definition) is 1. The fraction of sp³-hybridized carbons (Fsp3) is 0.579. The second-order valence-electron chi connectivity index (χ2n) is 7.44. The number of fused-ring (bicyclic) bond motifs is 1. The number of nitrogens with zero attached hydrogens (tertiary/aromatic N) is 4. The summed E-state index contributed by atoms with van der Waals surface area (Å²) in [6.07, 6.45) is 2.10. The topological polar surface area (TPSA) is 76.6 Å². The van der Waals surface area contributed by atoms with Crippen molar-refractivity contribution in [2.45, 2.75) is 26.7 Å². The van der Waals surface area contributed by atoms with E-state index >= 15 is 0 Å². The molecule has 0 aliphatic carbocycles. The Hall–Kier alpha value is -2.28. The molecule has 1 aromatic heterocycles. The van der Waals surface area contributed by atoms with Gasteiger partial charge in [-0.05, 0) is 37.4 Å². The molecule has 0 saturated carbocycles. The van der Waals surface area contributed by atoms with Gasteiger partial charge in [0.15, 0.2) is 0 Å². The third-order valence-electron chi connectivity index (χ3n) is 5.07. The number of primary amides is 1. The molecule has 26 heavy (non-hydrogen) atoms. The Morgan fingerprint density at radius 1 is 1.27 bits per heavy atom. The molecule has 7 heteroatoms. The monoisotopic (exact) mass is 359 g/mol. The van der Waals surface area contributed by atoms with Crippen LogP contribution >= 0.6 is 0 Å². The van der Waals surface area contributed by atoms with Crippen LogP contribution in [0.25, 0.3) is 11.0 Å². The van der Waals surface area contributed by atoms with Crippen molar-refractivity contribution < 1.29 is 9.53 Å². The lowest BCUT2D eigenvalue weighted by Crippen LogP contribution is -2.45. The molecule has 0 spiro atoms. The fourth-order valence-electron chi connectivity index (χ4n) is 3.53. The molecule has 0 radical (unpaired) electrons. The van der Waals surface area contributed by atoms with Crippen molar-refractivity contribution in [3.8, 4) is 6.01 Å². The molecule has 0 bridgehead atoms. The lowest BCUT2D eigenvalue weighted by atomic mass is 9.99. The van der Waals surface area contributed by atoms with Crippen molar-refractivity contribution in [3.63, 3.8) is 0 Å². The van der Waals surface area contributed by atoms with Crippen molar-refractivity contribution in [1.82, 2.24) is 14.5 Å². The Balaban J connectivity index is 2.14. The molecule has 2 N–H and O–H groups in total.